The Balaban J connectivity index is 2.07. The zero-order valence-electron chi connectivity index (χ0n) is 14.9. The molecule has 0 bridgehead atoms. The quantitative estimate of drug-likeness (QED) is 0.776. The normalized spacial score (nSPS) is 18.7. The first-order chi connectivity index (χ1) is 12.0. The van der Waals surface area contributed by atoms with Gasteiger partial charge in [-0.1, -0.05) is 6.07 Å². The minimum absolute atomic E-state index is 0.0329. The number of anilines is 1. The van der Waals surface area contributed by atoms with Gasteiger partial charge in [-0.05, 0) is 50.8 Å². The van der Waals surface area contributed by atoms with E-state index in [1.165, 1.54) is 6.07 Å². The lowest BCUT2D eigenvalue weighted by Crippen LogP contribution is -2.37. The minimum Gasteiger partial charge on any atom is -0.393 e. The molecular formula is C17H25F3N2O3S. The summed E-state index contributed by atoms with van der Waals surface area (Å²) in [5, 5.41) is 12.4. The van der Waals surface area contributed by atoms with Crippen LogP contribution in [-0.2, 0) is 9.84 Å². The standard InChI is InChI=1S/C17H25F3N2O3S/c1-12-3-4-15(16(11-12)26(24,25)17(18,19)20)21-13(2)5-8-22-9-6-14(23)7-10-22/h3-4,11,13-14,21,23H,5-10H2,1-2H3/t13-/m0/s1. The van der Waals surface area contributed by atoms with Crippen LogP contribution in [0.2, 0.25) is 0 Å². The number of hydrogen-bond donors (Lipinski definition) is 2. The van der Waals surface area contributed by atoms with Crippen molar-refractivity contribution >= 4 is 15.5 Å². The Morgan fingerprint density at radius 1 is 1.31 bits per heavy atom. The Labute approximate surface area is 152 Å². The molecule has 1 aliphatic rings. The lowest BCUT2D eigenvalue weighted by molar-refractivity contribution is -0.0435. The highest BCUT2D eigenvalue weighted by atomic mass is 32.2. The Morgan fingerprint density at radius 3 is 2.50 bits per heavy atom. The number of likely N-dealkylation sites (tertiary alicyclic amines) is 1. The maximum atomic E-state index is 12.9. The van der Waals surface area contributed by atoms with Gasteiger partial charge in [-0.25, -0.2) is 8.42 Å². The molecular weight excluding hydrogens is 369 g/mol. The Hall–Kier alpha value is -1.32. The SMILES string of the molecule is Cc1ccc(N[C@@H](C)CCN2CCC(O)CC2)c(S(=O)(=O)C(F)(F)F)c1. The van der Waals surface area contributed by atoms with Crippen molar-refractivity contribution in [2.45, 2.75) is 55.7 Å². The van der Waals surface area contributed by atoms with Crippen LogP contribution < -0.4 is 5.32 Å². The van der Waals surface area contributed by atoms with E-state index in [2.05, 4.69) is 10.2 Å². The topological polar surface area (TPSA) is 69.6 Å². The first-order valence-electron chi connectivity index (χ1n) is 8.59. The zero-order chi connectivity index (χ0) is 19.5. The van der Waals surface area contributed by atoms with E-state index >= 15 is 0 Å². The van der Waals surface area contributed by atoms with Crippen molar-refractivity contribution in [2.24, 2.45) is 0 Å². The van der Waals surface area contributed by atoms with Gasteiger partial charge < -0.3 is 15.3 Å². The van der Waals surface area contributed by atoms with Crippen molar-refractivity contribution in [3.8, 4) is 0 Å². The largest absolute Gasteiger partial charge is 0.501 e. The average molecular weight is 394 g/mol. The second kappa shape index (κ2) is 8.14. The van der Waals surface area contributed by atoms with Gasteiger partial charge in [0.05, 0.1) is 16.7 Å². The molecule has 2 rings (SSSR count). The van der Waals surface area contributed by atoms with E-state index in [0.29, 0.717) is 24.8 Å². The zero-order valence-corrected chi connectivity index (χ0v) is 15.7. The molecule has 26 heavy (non-hydrogen) atoms. The third kappa shape index (κ3) is 5.11. The molecule has 1 saturated heterocycles. The highest BCUT2D eigenvalue weighted by Gasteiger charge is 2.48. The number of alkyl halides is 3. The summed E-state index contributed by atoms with van der Waals surface area (Å²) < 4.78 is 62.5. The third-order valence-electron chi connectivity index (χ3n) is 4.57. The predicted molar refractivity (Wildman–Crippen MR) is 93.8 cm³/mol. The summed E-state index contributed by atoms with van der Waals surface area (Å²) in [6.07, 6.45) is 1.82. The van der Waals surface area contributed by atoms with Gasteiger partial charge in [-0.3, -0.25) is 0 Å². The number of nitrogens with zero attached hydrogens (tertiary/aromatic N) is 1. The third-order valence-corrected chi connectivity index (χ3v) is 6.09. The molecule has 1 aliphatic heterocycles. The molecule has 1 atom stereocenters. The van der Waals surface area contributed by atoms with E-state index in [1.807, 2.05) is 6.92 Å². The van der Waals surface area contributed by atoms with Crippen LogP contribution in [0.1, 0.15) is 31.7 Å². The Bertz CT molecular complexity index is 714. The fourth-order valence-electron chi connectivity index (χ4n) is 2.95. The van der Waals surface area contributed by atoms with Gasteiger partial charge in [0.2, 0.25) is 0 Å². The number of aliphatic hydroxyl groups is 1. The van der Waals surface area contributed by atoms with Crippen molar-refractivity contribution in [2.75, 3.05) is 25.0 Å². The van der Waals surface area contributed by atoms with Gasteiger partial charge in [-0.2, -0.15) is 13.2 Å². The minimum atomic E-state index is -5.42. The number of nitrogens with one attached hydrogen (secondary N) is 1. The molecule has 148 valence electrons. The summed E-state index contributed by atoms with van der Waals surface area (Å²) in [5.74, 6) is 0. The van der Waals surface area contributed by atoms with Gasteiger partial charge in [0, 0.05) is 25.7 Å². The molecule has 0 aliphatic carbocycles. The van der Waals surface area contributed by atoms with Crippen LogP contribution in [0, 0.1) is 6.92 Å². The molecule has 5 nitrogen and oxygen atoms in total. The highest BCUT2D eigenvalue weighted by Crippen LogP contribution is 2.35. The summed E-state index contributed by atoms with van der Waals surface area (Å²) in [6, 6.07) is 3.80. The molecule has 0 unspecified atom stereocenters. The first-order valence-corrected chi connectivity index (χ1v) is 10.1. The summed E-state index contributed by atoms with van der Waals surface area (Å²) in [4.78, 5) is 1.45. The van der Waals surface area contributed by atoms with Crippen LogP contribution in [0.5, 0.6) is 0 Å². The van der Waals surface area contributed by atoms with Crippen molar-refractivity contribution in [1.29, 1.82) is 0 Å². The molecule has 0 spiro atoms. The van der Waals surface area contributed by atoms with Crippen molar-refractivity contribution < 1.29 is 26.7 Å². The average Bonchev–Trinajstić information content (AvgIpc) is 2.55. The molecule has 1 aromatic carbocycles. The maximum absolute atomic E-state index is 12.9. The van der Waals surface area contributed by atoms with Gasteiger partial charge >= 0.3 is 5.51 Å². The molecule has 1 heterocycles. The molecule has 1 fully saturated rings. The fourth-order valence-corrected chi connectivity index (χ4v) is 3.96. The van der Waals surface area contributed by atoms with Gasteiger partial charge in [0.1, 0.15) is 0 Å². The lowest BCUT2D eigenvalue weighted by atomic mass is 10.1. The van der Waals surface area contributed by atoms with Crippen LogP contribution in [-0.4, -0.2) is 55.7 Å². The van der Waals surface area contributed by atoms with E-state index in [4.69, 9.17) is 0 Å². The van der Waals surface area contributed by atoms with Gasteiger partial charge in [0.15, 0.2) is 0 Å². The van der Waals surface area contributed by atoms with E-state index < -0.39 is 20.2 Å². The van der Waals surface area contributed by atoms with E-state index in [1.54, 1.807) is 13.0 Å². The van der Waals surface area contributed by atoms with Crippen LogP contribution in [0.25, 0.3) is 0 Å². The van der Waals surface area contributed by atoms with Gasteiger partial charge in [0.25, 0.3) is 9.84 Å². The Kier molecular flexibility index (Phi) is 6.57. The number of hydrogen-bond acceptors (Lipinski definition) is 5. The number of rotatable bonds is 6. The lowest BCUT2D eigenvalue weighted by Gasteiger charge is -2.30. The van der Waals surface area contributed by atoms with Gasteiger partial charge in [-0.15, -0.1) is 0 Å². The number of piperidine rings is 1. The van der Waals surface area contributed by atoms with Crippen molar-refractivity contribution in [3.05, 3.63) is 23.8 Å². The smallest absolute Gasteiger partial charge is 0.393 e. The van der Waals surface area contributed by atoms with Crippen molar-refractivity contribution in [1.82, 2.24) is 4.90 Å². The summed E-state index contributed by atoms with van der Waals surface area (Å²) >= 11 is 0. The fraction of sp³-hybridized carbons (Fsp3) is 0.647. The van der Waals surface area contributed by atoms with Crippen molar-refractivity contribution in [3.63, 3.8) is 0 Å². The van der Waals surface area contributed by atoms with Crippen LogP contribution in [0.15, 0.2) is 23.1 Å². The molecule has 0 aromatic heterocycles. The Morgan fingerprint density at radius 2 is 1.92 bits per heavy atom. The second-order valence-electron chi connectivity index (χ2n) is 6.86. The monoisotopic (exact) mass is 394 g/mol. The number of sulfone groups is 1. The molecule has 2 N–H and O–H groups in total. The molecule has 0 radical (unpaired) electrons. The molecule has 0 saturated carbocycles. The molecule has 9 heteroatoms. The number of aliphatic hydroxyl groups excluding tert-OH is 1. The number of halogens is 3. The number of aryl methyl sites for hydroxylation is 1. The second-order valence-corrected chi connectivity index (χ2v) is 8.77. The van der Waals surface area contributed by atoms with E-state index in [0.717, 1.165) is 25.7 Å². The van der Waals surface area contributed by atoms with E-state index in [-0.39, 0.29) is 17.8 Å². The van der Waals surface area contributed by atoms with Crippen LogP contribution >= 0.6 is 0 Å². The first kappa shape index (κ1) is 21.0. The summed E-state index contributed by atoms with van der Waals surface area (Å²) in [7, 11) is -5.42. The van der Waals surface area contributed by atoms with E-state index in [9.17, 15) is 26.7 Å². The summed E-state index contributed by atoms with van der Waals surface area (Å²) in [6.45, 7) is 5.66. The molecule has 0 amide bonds. The number of benzene rings is 1. The summed E-state index contributed by atoms with van der Waals surface area (Å²) in [5.41, 5.74) is -4.93. The molecule has 1 aromatic rings. The van der Waals surface area contributed by atoms with Crippen LogP contribution in [0.3, 0.4) is 0 Å². The highest BCUT2D eigenvalue weighted by molar-refractivity contribution is 7.92. The van der Waals surface area contributed by atoms with Crippen LogP contribution in [0.4, 0.5) is 18.9 Å². The predicted octanol–water partition coefficient (Wildman–Crippen LogP) is 2.94. The maximum Gasteiger partial charge on any atom is 0.501 e.